The molecule has 0 saturated heterocycles. The van der Waals surface area contributed by atoms with Crippen molar-refractivity contribution in [3.8, 4) is 0 Å². The van der Waals surface area contributed by atoms with Gasteiger partial charge in [-0.2, -0.15) is 10.2 Å². The second-order valence-corrected chi connectivity index (χ2v) is 20.7. The number of hydrogen-bond donors (Lipinski definition) is 2. The topological polar surface area (TPSA) is 65.2 Å². The largest absolute Gasteiger partial charge is 0.390 e. The van der Waals surface area contributed by atoms with Gasteiger partial charge in [-0.3, -0.25) is 0 Å². The zero-order valence-electron chi connectivity index (χ0n) is 30.9. The van der Waals surface area contributed by atoms with E-state index < -0.39 is 11.2 Å². The fourth-order valence-electron chi connectivity index (χ4n) is 15.7. The summed E-state index contributed by atoms with van der Waals surface area (Å²) in [6, 6.07) is 0. The second kappa shape index (κ2) is 10.4. The number of nitrogens with zero attached hydrogens (tertiary/aromatic N) is 2. The number of fused-ring (bicyclic) bond motifs is 10. The molecule has 8 rings (SSSR count). The van der Waals surface area contributed by atoms with Crippen LogP contribution in [0.1, 0.15) is 158 Å². The molecule has 4 nitrogen and oxygen atoms in total. The zero-order valence-corrected chi connectivity index (χ0v) is 30.9. The fraction of sp³-hybridized carbons (Fsp3) is 0.952. The molecule has 2 N–H and O–H groups in total. The summed E-state index contributed by atoms with van der Waals surface area (Å²) in [7, 11) is 0. The van der Waals surface area contributed by atoms with E-state index in [1.54, 1.807) is 0 Å². The minimum absolute atomic E-state index is 0.112. The maximum absolute atomic E-state index is 11.3. The summed E-state index contributed by atoms with van der Waals surface area (Å²) in [5, 5.41) is 33.1. The van der Waals surface area contributed by atoms with Crippen molar-refractivity contribution in [2.24, 2.45) is 91.0 Å². The molecule has 0 unspecified atom stereocenters. The average Bonchev–Trinajstić information content (AvgIpc) is 3.38. The molecular weight excluding hydrogens is 564 g/mol. The molecule has 0 spiro atoms. The molecular formula is C42H68N2O2. The van der Waals surface area contributed by atoms with Crippen LogP contribution in [-0.4, -0.2) is 32.8 Å². The van der Waals surface area contributed by atoms with Crippen molar-refractivity contribution in [2.75, 3.05) is 0 Å². The van der Waals surface area contributed by atoms with Crippen molar-refractivity contribution >= 4 is 11.4 Å². The maximum atomic E-state index is 11.3. The predicted molar refractivity (Wildman–Crippen MR) is 189 cm³/mol. The molecule has 8 fully saturated rings. The van der Waals surface area contributed by atoms with Crippen molar-refractivity contribution in [1.29, 1.82) is 0 Å². The maximum Gasteiger partial charge on any atom is 0.0675 e. The van der Waals surface area contributed by atoms with E-state index >= 15 is 0 Å². The van der Waals surface area contributed by atoms with E-state index in [4.69, 9.17) is 10.2 Å². The Kier molecular flexibility index (Phi) is 7.34. The van der Waals surface area contributed by atoms with Gasteiger partial charge in [0.1, 0.15) is 0 Å². The minimum Gasteiger partial charge on any atom is -0.390 e. The van der Waals surface area contributed by atoms with Crippen molar-refractivity contribution < 1.29 is 10.2 Å². The van der Waals surface area contributed by atoms with Crippen molar-refractivity contribution in [3.63, 3.8) is 0 Å². The van der Waals surface area contributed by atoms with E-state index in [9.17, 15) is 10.2 Å². The molecule has 0 amide bonds. The van der Waals surface area contributed by atoms with Gasteiger partial charge in [0.25, 0.3) is 0 Å². The molecule has 0 aromatic heterocycles. The standard InChI is InChI=1S/C42H68N2O2/c1-25-23-37(3)27(9-11-29-31(37)13-17-39(5)33(29)15-19-41(39,7)45)21-35(25)43-44-36-22-28-10-12-30-32(38(28,4)24-26(36)2)14-18-40(6)34(30)16-20-42(40,8)46/h25-34,45-46H,9-24H2,1-8H3/b43-35+,44-36+/t25-,26-,27+,28+,29-,30-,31+,32+,33+,34+,37+,38+,39+,40+,41+,42+/m1/s1. The molecule has 0 aromatic rings. The summed E-state index contributed by atoms with van der Waals surface area (Å²) in [5.41, 5.74) is 2.86. The van der Waals surface area contributed by atoms with Crippen LogP contribution in [0.2, 0.25) is 0 Å². The summed E-state index contributed by atoms with van der Waals surface area (Å²) in [6.07, 6.45) is 19.7. The normalized spacial score (nSPS) is 61.3. The Labute approximate surface area is 281 Å². The van der Waals surface area contributed by atoms with Crippen LogP contribution in [0.15, 0.2) is 10.2 Å². The molecule has 8 aliphatic rings. The fourth-order valence-corrected chi connectivity index (χ4v) is 15.7. The molecule has 4 heteroatoms. The van der Waals surface area contributed by atoms with Gasteiger partial charge in [0.2, 0.25) is 0 Å². The van der Waals surface area contributed by atoms with Crippen LogP contribution < -0.4 is 0 Å². The van der Waals surface area contributed by atoms with Crippen LogP contribution in [0.4, 0.5) is 0 Å². The molecule has 16 atom stereocenters. The van der Waals surface area contributed by atoms with Gasteiger partial charge >= 0.3 is 0 Å². The highest BCUT2D eigenvalue weighted by molar-refractivity contribution is 5.91. The average molecular weight is 633 g/mol. The van der Waals surface area contributed by atoms with Gasteiger partial charge in [-0.05, 0) is 197 Å². The van der Waals surface area contributed by atoms with E-state index in [0.29, 0.717) is 34.5 Å². The van der Waals surface area contributed by atoms with E-state index in [1.807, 2.05) is 0 Å². The Hall–Kier alpha value is -0.740. The van der Waals surface area contributed by atoms with Gasteiger partial charge in [-0.15, -0.1) is 0 Å². The summed E-state index contributed by atoms with van der Waals surface area (Å²) in [6.45, 7) is 19.4. The molecule has 0 aromatic carbocycles. The van der Waals surface area contributed by atoms with Gasteiger partial charge < -0.3 is 10.2 Å². The lowest BCUT2D eigenvalue weighted by Gasteiger charge is -2.62. The Bertz CT molecular complexity index is 1200. The van der Waals surface area contributed by atoms with Gasteiger partial charge in [-0.1, -0.05) is 41.5 Å². The Balaban J connectivity index is 0.969. The van der Waals surface area contributed by atoms with Crippen LogP contribution in [0.5, 0.6) is 0 Å². The lowest BCUT2D eigenvalue weighted by Crippen LogP contribution is -2.57. The van der Waals surface area contributed by atoms with Crippen LogP contribution in [-0.2, 0) is 0 Å². The first-order valence-electron chi connectivity index (χ1n) is 20.1. The monoisotopic (exact) mass is 633 g/mol. The first-order chi connectivity index (χ1) is 21.5. The van der Waals surface area contributed by atoms with Crippen LogP contribution in [0.3, 0.4) is 0 Å². The molecule has 8 saturated carbocycles. The highest BCUT2D eigenvalue weighted by Gasteiger charge is 2.65. The summed E-state index contributed by atoms with van der Waals surface area (Å²) < 4.78 is 0. The summed E-state index contributed by atoms with van der Waals surface area (Å²) >= 11 is 0. The third kappa shape index (κ3) is 4.29. The molecule has 0 heterocycles. The quantitative estimate of drug-likeness (QED) is 0.283. The Morgan fingerprint density at radius 1 is 0.500 bits per heavy atom. The van der Waals surface area contributed by atoms with Crippen LogP contribution in [0, 0.1) is 80.8 Å². The molecule has 258 valence electrons. The lowest BCUT2D eigenvalue weighted by molar-refractivity contribution is -0.142. The predicted octanol–water partition coefficient (Wildman–Crippen LogP) is 9.86. The number of aliphatic hydroxyl groups is 2. The van der Waals surface area contributed by atoms with E-state index in [2.05, 4.69) is 55.4 Å². The molecule has 0 radical (unpaired) electrons. The zero-order chi connectivity index (χ0) is 32.7. The molecule has 0 aliphatic heterocycles. The van der Waals surface area contributed by atoms with Crippen molar-refractivity contribution in [2.45, 2.75) is 169 Å². The third-order valence-electron chi connectivity index (χ3n) is 19.1. The SMILES string of the molecule is C[C@@H]1C[C@@]2(C)[C@@H](CC[C@@H]3[C@@H]2CC[C@@]2(C)[C@H]3CC[C@]2(C)O)C/C1=N\N=C1/C[C@@H]2CC[C@@H]3[C@H](CC[C@@]4(C)[C@H]3CC[C@]4(C)O)[C@@]2(C)C[C@H]1C. The first kappa shape index (κ1) is 32.5. The van der Waals surface area contributed by atoms with Gasteiger partial charge in [0.05, 0.1) is 11.2 Å². The van der Waals surface area contributed by atoms with Crippen LogP contribution >= 0.6 is 0 Å². The smallest absolute Gasteiger partial charge is 0.0675 e. The van der Waals surface area contributed by atoms with Crippen molar-refractivity contribution in [3.05, 3.63) is 0 Å². The molecule has 46 heavy (non-hydrogen) atoms. The molecule has 0 bridgehead atoms. The van der Waals surface area contributed by atoms with Gasteiger partial charge in [-0.25, -0.2) is 0 Å². The second-order valence-electron chi connectivity index (χ2n) is 20.7. The van der Waals surface area contributed by atoms with E-state index in [-0.39, 0.29) is 10.8 Å². The summed E-state index contributed by atoms with van der Waals surface area (Å²) in [4.78, 5) is 0. The minimum atomic E-state index is -0.484. The van der Waals surface area contributed by atoms with E-state index in [0.717, 1.165) is 61.2 Å². The van der Waals surface area contributed by atoms with Gasteiger partial charge in [0.15, 0.2) is 0 Å². The highest BCUT2D eigenvalue weighted by atomic mass is 16.3. The third-order valence-corrected chi connectivity index (χ3v) is 19.1. The summed E-state index contributed by atoms with van der Waals surface area (Å²) in [5.74, 6) is 7.15. The number of rotatable bonds is 1. The van der Waals surface area contributed by atoms with Crippen LogP contribution in [0.25, 0.3) is 0 Å². The number of hydrogen-bond acceptors (Lipinski definition) is 4. The van der Waals surface area contributed by atoms with E-state index in [1.165, 1.54) is 88.5 Å². The lowest BCUT2D eigenvalue weighted by atomic mass is 9.43. The Morgan fingerprint density at radius 2 is 0.870 bits per heavy atom. The first-order valence-corrected chi connectivity index (χ1v) is 20.1. The van der Waals surface area contributed by atoms with Gasteiger partial charge in [0, 0.05) is 11.4 Å². The Morgan fingerprint density at radius 3 is 1.26 bits per heavy atom. The van der Waals surface area contributed by atoms with Crippen molar-refractivity contribution in [1.82, 2.24) is 0 Å². The molecule has 8 aliphatic carbocycles. The highest BCUT2D eigenvalue weighted by Crippen LogP contribution is 2.70.